The fourth-order valence-electron chi connectivity index (χ4n) is 1.93. The minimum Gasteiger partial charge on any atom is -0.294 e. The molecule has 0 radical (unpaired) electrons. The minimum absolute atomic E-state index is 0.143. The number of nitrogens with zero attached hydrogens (tertiary/aromatic N) is 1. The van der Waals surface area contributed by atoms with Crippen molar-refractivity contribution in [2.24, 2.45) is 0 Å². The Balaban J connectivity index is 2.20. The zero-order valence-electron chi connectivity index (χ0n) is 10.1. The van der Waals surface area contributed by atoms with Crippen molar-refractivity contribution in [2.45, 2.75) is 20.3 Å². The molecule has 0 aliphatic rings. The van der Waals surface area contributed by atoms with Crippen molar-refractivity contribution in [2.75, 3.05) is 0 Å². The van der Waals surface area contributed by atoms with Gasteiger partial charge in [-0.2, -0.15) is 0 Å². The summed E-state index contributed by atoms with van der Waals surface area (Å²) in [6, 6.07) is 9.72. The van der Waals surface area contributed by atoms with Crippen molar-refractivity contribution < 1.29 is 4.79 Å². The Bertz CT molecular complexity index is 512. The van der Waals surface area contributed by atoms with E-state index in [0.29, 0.717) is 6.42 Å². The molecule has 2 rings (SSSR count). The van der Waals surface area contributed by atoms with E-state index in [9.17, 15) is 4.79 Å². The van der Waals surface area contributed by atoms with Crippen molar-refractivity contribution in [3.8, 4) is 0 Å². The topological polar surface area (TPSA) is 30.0 Å². The molecular weight excluding hydrogens is 210 g/mol. The Kier molecular flexibility index (Phi) is 3.33. The van der Waals surface area contributed by atoms with Gasteiger partial charge in [-0.1, -0.05) is 23.3 Å². The molecule has 0 saturated heterocycles. The molecule has 0 atom stereocenters. The van der Waals surface area contributed by atoms with Gasteiger partial charge in [0.1, 0.15) is 0 Å². The van der Waals surface area contributed by atoms with Crippen LogP contribution in [0.3, 0.4) is 0 Å². The summed E-state index contributed by atoms with van der Waals surface area (Å²) in [4.78, 5) is 16.1. The highest BCUT2D eigenvalue weighted by Gasteiger charge is 2.07. The molecule has 0 aliphatic heterocycles. The second-order valence-corrected chi connectivity index (χ2v) is 4.34. The Hall–Kier alpha value is -1.96. The number of pyridine rings is 1. The average Bonchev–Trinajstić information content (AvgIpc) is 2.29. The molecular formula is C15H15NO. The van der Waals surface area contributed by atoms with Gasteiger partial charge in [-0.15, -0.1) is 0 Å². The number of hydrogen-bond donors (Lipinski definition) is 0. The predicted molar refractivity (Wildman–Crippen MR) is 68.2 cm³/mol. The molecule has 0 amide bonds. The predicted octanol–water partition coefficient (Wildman–Crippen LogP) is 3.12. The lowest BCUT2D eigenvalue weighted by Gasteiger charge is -2.04. The monoisotopic (exact) mass is 225 g/mol. The van der Waals surface area contributed by atoms with Gasteiger partial charge in [-0.25, -0.2) is 0 Å². The van der Waals surface area contributed by atoms with Gasteiger partial charge in [0, 0.05) is 24.4 Å². The molecule has 0 aliphatic carbocycles. The molecule has 1 aromatic carbocycles. The normalized spacial score (nSPS) is 10.2. The lowest BCUT2D eigenvalue weighted by molar-refractivity contribution is 0.0992. The van der Waals surface area contributed by atoms with Crippen LogP contribution in [0.2, 0.25) is 0 Å². The van der Waals surface area contributed by atoms with Gasteiger partial charge in [-0.3, -0.25) is 9.78 Å². The van der Waals surface area contributed by atoms with Gasteiger partial charge in [0.25, 0.3) is 0 Å². The summed E-state index contributed by atoms with van der Waals surface area (Å²) < 4.78 is 0. The molecule has 0 unspecified atom stereocenters. The Morgan fingerprint density at radius 1 is 1.18 bits per heavy atom. The van der Waals surface area contributed by atoms with E-state index in [0.717, 1.165) is 22.3 Å². The third-order valence-electron chi connectivity index (χ3n) is 2.63. The van der Waals surface area contributed by atoms with Crippen LogP contribution < -0.4 is 0 Å². The van der Waals surface area contributed by atoms with E-state index < -0.39 is 0 Å². The first kappa shape index (κ1) is 11.5. The molecule has 1 heterocycles. The van der Waals surface area contributed by atoms with E-state index in [2.05, 4.69) is 11.1 Å². The molecule has 2 heteroatoms. The summed E-state index contributed by atoms with van der Waals surface area (Å²) in [7, 11) is 0. The molecule has 2 nitrogen and oxygen atoms in total. The second kappa shape index (κ2) is 4.91. The highest BCUT2D eigenvalue weighted by molar-refractivity contribution is 5.97. The number of rotatable bonds is 3. The summed E-state index contributed by atoms with van der Waals surface area (Å²) in [5, 5.41) is 0. The van der Waals surface area contributed by atoms with Crippen molar-refractivity contribution in [1.82, 2.24) is 4.98 Å². The van der Waals surface area contributed by atoms with E-state index in [1.54, 1.807) is 12.4 Å². The van der Waals surface area contributed by atoms with Crippen LogP contribution in [0.15, 0.2) is 42.7 Å². The largest absolute Gasteiger partial charge is 0.294 e. The number of ketones is 1. The maximum absolute atomic E-state index is 12.1. The zero-order chi connectivity index (χ0) is 12.3. The molecule has 86 valence electrons. The average molecular weight is 225 g/mol. The molecule has 1 aromatic heterocycles. The summed E-state index contributed by atoms with van der Waals surface area (Å²) in [5.74, 6) is 0.143. The first-order valence-corrected chi connectivity index (χ1v) is 5.65. The van der Waals surface area contributed by atoms with Gasteiger partial charge >= 0.3 is 0 Å². The third-order valence-corrected chi connectivity index (χ3v) is 2.63. The van der Waals surface area contributed by atoms with E-state index >= 15 is 0 Å². The lowest BCUT2D eigenvalue weighted by Crippen LogP contribution is -2.04. The molecule has 17 heavy (non-hydrogen) atoms. The summed E-state index contributed by atoms with van der Waals surface area (Å²) in [5.41, 5.74) is 3.99. The molecule has 0 spiro atoms. The highest BCUT2D eigenvalue weighted by Crippen LogP contribution is 2.12. The number of hydrogen-bond acceptors (Lipinski definition) is 2. The van der Waals surface area contributed by atoms with Crippen LogP contribution >= 0.6 is 0 Å². The summed E-state index contributed by atoms with van der Waals surface area (Å²) >= 11 is 0. The van der Waals surface area contributed by atoms with Gasteiger partial charge in [-0.05, 0) is 37.6 Å². The first-order chi connectivity index (χ1) is 8.15. The zero-order valence-corrected chi connectivity index (χ0v) is 10.1. The van der Waals surface area contributed by atoms with Crippen molar-refractivity contribution in [3.05, 3.63) is 65.0 Å². The van der Waals surface area contributed by atoms with Crippen molar-refractivity contribution in [3.63, 3.8) is 0 Å². The van der Waals surface area contributed by atoms with Gasteiger partial charge in [0.05, 0.1) is 0 Å². The van der Waals surface area contributed by atoms with Gasteiger partial charge in [0.2, 0.25) is 0 Å². The Morgan fingerprint density at radius 3 is 2.47 bits per heavy atom. The standard InChI is InChI=1S/C15H15NO/c1-11-6-12(2)8-14(7-11)15(17)9-13-4-3-5-16-10-13/h3-8,10H,9H2,1-2H3. The summed E-state index contributed by atoms with van der Waals surface area (Å²) in [6.45, 7) is 4.02. The summed E-state index contributed by atoms with van der Waals surface area (Å²) in [6.07, 6.45) is 3.86. The maximum Gasteiger partial charge on any atom is 0.167 e. The first-order valence-electron chi connectivity index (χ1n) is 5.65. The van der Waals surface area contributed by atoms with Crippen LogP contribution in [-0.2, 0) is 6.42 Å². The lowest BCUT2D eigenvalue weighted by atomic mass is 10.0. The quantitative estimate of drug-likeness (QED) is 0.751. The smallest absolute Gasteiger partial charge is 0.167 e. The minimum atomic E-state index is 0.143. The van der Waals surface area contributed by atoms with Gasteiger partial charge < -0.3 is 0 Å². The number of aromatic nitrogens is 1. The molecule has 0 bridgehead atoms. The van der Waals surface area contributed by atoms with E-state index in [1.807, 2.05) is 38.1 Å². The van der Waals surface area contributed by atoms with Crippen molar-refractivity contribution >= 4 is 5.78 Å². The van der Waals surface area contributed by atoms with Crippen molar-refractivity contribution in [1.29, 1.82) is 0 Å². The second-order valence-electron chi connectivity index (χ2n) is 4.34. The number of Topliss-reactive ketones (excluding diaryl/α,β-unsaturated/α-hetero) is 1. The van der Waals surface area contributed by atoms with Crippen LogP contribution in [0, 0.1) is 13.8 Å². The number of carbonyl (C=O) groups excluding carboxylic acids is 1. The molecule has 0 fully saturated rings. The third kappa shape index (κ3) is 3.00. The fourth-order valence-corrected chi connectivity index (χ4v) is 1.93. The van der Waals surface area contributed by atoms with Gasteiger partial charge in [0.15, 0.2) is 5.78 Å². The Morgan fingerprint density at radius 2 is 1.88 bits per heavy atom. The molecule has 2 aromatic rings. The van der Waals surface area contributed by atoms with Crippen LogP contribution in [0.4, 0.5) is 0 Å². The van der Waals surface area contributed by atoms with Crippen LogP contribution in [0.1, 0.15) is 27.0 Å². The fraction of sp³-hybridized carbons (Fsp3) is 0.200. The van der Waals surface area contributed by atoms with Crippen LogP contribution in [0.5, 0.6) is 0 Å². The van der Waals surface area contributed by atoms with Crippen LogP contribution in [-0.4, -0.2) is 10.8 Å². The maximum atomic E-state index is 12.1. The van der Waals surface area contributed by atoms with E-state index in [-0.39, 0.29) is 5.78 Å². The SMILES string of the molecule is Cc1cc(C)cc(C(=O)Cc2cccnc2)c1. The Labute approximate surface area is 101 Å². The number of aryl methyl sites for hydroxylation is 2. The van der Waals surface area contributed by atoms with E-state index in [1.165, 1.54) is 0 Å². The number of carbonyl (C=O) groups is 1. The molecule has 0 N–H and O–H groups in total. The van der Waals surface area contributed by atoms with E-state index in [4.69, 9.17) is 0 Å². The van der Waals surface area contributed by atoms with Crippen LogP contribution in [0.25, 0.3) is 0 Å². The highest BCUT2D eigenvalue weighted by atomic mass is 16.1. The molecule has 0 saturated carbocycles. The number of benzene rings is 1.